The van der Waals surface area contributed by atoms with Crippen molar-refractivity contribution in [2.24, 2.45) is 0 Å². The number of aromatic nitrogens is 2. The third kappa shape index (κ3) is 8.48. The van der Waals surface area contributed by atoms with Crippen LogP contribution in [0.1, 0.15) is 40.2 Å². The first-order valence-corrected chi connectivity index (χ1v) is 16.7. The molecule has 49 heavy (non-hydrogen) atoms. The molecule has 5 rings (SSSR count). The highest BCUT2D eigenvalue weighted by Gasteiger charge is 2.32. The molecule has 0 saturated carbocycles. The van der Waals surface area contributed by atoms with Crippen LogP contribution in [0.4, 0.5) is 19.1 Å². The first-order chi connectivity index (χ1) is 23.4. The number of benzene rings is 3. The maximum absolute atomic E-state index is 13.6. The van der Waals surface area contributed by atoms with E-state index in [9.17, 15) is 18.0 Å². The number of carbonyl (C=O) groups is 1. The van der Waals surface area contributed by atoms with Gasteiger partial charge in [0.1, 0.15) is 6.54 Å². The summed E-state index contributed by atoms with van der Waals surface area (Å²) in [7, 11) is 4.51. The lowest BCUT2D eigenvalue weighted by molar-refractivity contribution is -0.139. The lowest BCUT2D eigenvalue weighted by Crippen LogP contribution is -2.35. The Bertz CT molecular complexity index is 1780. The van der Waals surface area contributed by atoms with Crippen molar-refractivity contribution in [3.05, 3.63) is 75.3 Å². The Hall–Kier alpha value is -3.87. The lowest BCUT2D eigenvalue weighted by Gasteiger charge is -2.26. The van der Waals surface area contributed by atoms with Crippen molar-refractivity contribution in [3.8, 4) is 17.2 Å². The number of alkyl halides is 3. The molecule has 1 fully saturated rings. The third-order valence-corrected chi connectivity index (χ3v) is 9.62. The van der Waals surface area contributed by atoms with E-state index >= 15 is 0 Å². The van der Waals surface area contributed by atoms with Crippen LogP contribution in [-0.2, 0) is 6.54 Å². The van der Waals surface area contributed by atoms with Crippen molar-refractivity contribution < 1.29 is 32.2 Å². The molecule has 2 heterocycles. The zero-order valence-electron chi connectivity index (χ0n) is 27.9. The zero-order chi connectivity index (χ0) is 35.3. The summed E-state index contributed by atoms with van der Waals surface area (Å²) in [6.07, 6.45) is -2.95. The minimum absolute atomic E-state index is 0.114. The van der Waals surface area contributed by atoms with E-state index in [-0.39, 0.29) is 11.8 Å². The Balaban J connectivity index is 1.30. The normalized spacial score (nSPS) is 14.8. The Kier molecular flexibility index (Phi) is 11.7. The van der Waals surface area contributed by atoms with Crippen molar-refractivity contribution in [1.82, 2.24) is 19.8 Å². The van der Waals surface area contributed by atoms with Gasteiger partial charge in [-0.05, 0) is 68.8 Å². The number of ether oxygens (including phenoxy) is 3. The standard InChI is InChI=1S/C35H40Cl2F3N5O4/c1-22-25(19-30(47-2)32(49-4)31(22)48-3)33(46)41-20-24(23-10-11-26(36)27(37)18-23)12-15-43-13-7-14-44(17-16-43)34-42-28-8-5-6-9-29(28)45(34)21-35(38,39)40/h5-6,8-11,18-19,24H,7,12-17,20-21H2,1-4H3,(H,41,46). The highest BCUT2D eigenvalue weighted by molar-refractivity contribution is 6.42. The quantitative estimate of drug-likeness (QED) is 0.164. The number of nitrogens with one attached hydrogen (secondary N) is 1. The van der Waals surface area contributed by atoms with Crippen LogP contribution in [0.5, 0.6) is 17.2 Å². The molecule has 0 radical (unpaired) electrons. The molecule has 1 aliphatic heterocycles. The molecule has 1 aliphatic rings. The molecule has 0 bridgehead atoms. The number of anilines is 1. The number of methoxy groups -OCH3 is 3. The molecule has 1 saturated heterocycles. The van der Waals surface area contributed by atoms with E-state index in [0.717, 1.165) is 18.5 Å². The minimum atomic E-state index is -4.38. The van der Waals surface area contributed by atoms with Crippen molar-refractivity contribution >= 4 is 46.1 Å². The SMILES string of the molecule is COc1cc(C(=O)NCC(CCN2CCCN(c3nc4ccccc4n3CC(F)(F)F)CC2)c2ccc(Cl)c(Cl)c2)c(C)c(OC)c1OC. The van der Waals surface area contributed by atoms with Crippen LogP contribution in [0.15, 0.2) is 48.5 Å². The Morgan fingerprint density at radius 2 is 1.71 bits per heavy atom. The monoisotopic (exact) mass is 721 g/mol. The smallest absolute Gasteiger partial charge is 0.406 e. The highest BCUT2D eigenvalue weighted by atomic mass is 35.5. The Labute approximate surface area is 293 Å². The molecule has 4 aromatic rings. The summed E-state index contributed by atoms with van der Waals surface area (Å²) in [5.74, 6) is 1.11. The molecule has 0 spiro atoms. The van der Waals surface area contributed by atoms with E-state index in [4.69, 9.17) is 37.4 Å². The van der Waals surface area contributed by atoms with E-state index in [1.54, 1.807) is 43.3 Å². The molecule has 0 aliphatic carbocycles. The second-order valence-corrected chi connectivity index (χ2v) is 12.8. The fourth-order valence-electron chi connectivity index (χ4n) is 6.37. The lowest BCUT2D eigenvalue weighted by atomic mass is 9.95. The van der Waals surface area contributed by atoms with E-state index in [1.165, 1.54) is 25.9 Å². The molecule has 1 unspecified atom stereocenters. The van der Waals surface area contributed by atoms with Gasteiger partial charge >= 0.3 is 6.18 Å². The molecule has 1 atom stereocenters. The van der Waals surface area contributed by atoms with Crippen molar-refractivity contribution in [1.29, 1.82) is 0 Å². The number of rotatable bonds is 12. The number of carbonyl (C=O) groups excluding carboxylic acids is 1. The largest absolute Gasteiger partial charge is 0.493 e. The van der Waals surface area contributed by atoms with Crippen LogP contribution in [0, 0.1) is 6.92 Å². The van der Waals surface area contributed by atoms with Crippen molar-refractivity contribution in [3.63, 3.8) is 0 Å². The van der Waals surface area contributed by atoms with Gasteiger partial charge in [0.25, 0.3) is 5.91 Å². The van der Waals surface area contributed by atoms with E-state index < -0.39 is 12.7 Å². The van der Waals surface area contributed by atoms with Gasteiger partial charge in [0.2, 0.25) is 11.7 Å². The molecule has 14 heteroatoms. The predicted molar refractivity (Wildman–Crippen MR) is 186 cm³/mol. The molecule has 1 N–H and O–H groups in total. The summed E-state index contributed by atoms with van der Waals surface area (Å²) in [5.41, 5.74) is 2.93. The molecule has 264 valence electrons. The Morgan fingerprint density at radius 1 is 0.959 bits per heavy atom. The van der Waals surface area contributed by atoms with Gasteiger partial charge in [0.15, 0.2) is 11.5 Å². The van der Waals surface area contributed by atoms with Crippen LogP contribution < -0.4 is 24.4 Å². The first-order valence-electron chi connectivity index (χ1n) is 16.0. The van der Waals surface area contributed by atoms with Crippen molar-refractivity contribution in [2.45, 2.75) is 38.4 Å². The van der Waals surface area contributed by atoms with Gasteiger partial charge < -0.3 is 33.9 Å². The van der Waals surface area contributed by atoms with E-state index in [1.807, 2.05) is 17.0 Å². The van der Waals surface area contributed by atoms with E-state index in [0.29, 0.717) is 94.5 Å². The van der Waals surface area contributed by atoms with Gasteiger partial charge in [-0.1, -0.05) is 41.4 Å². The summed E-state index contributed by atoms with van der Waals surface area (Å²) in [4.78, 5) is 22.4. The third-order valence-electron chi connectivity index (χ3n) is 8.88. The number of imidazole rings is 1. The van der Waals surface area contributed by atoms with Gasteiger partial charge in [-0.2, -0.15) is 13.2 Å². The number of amides is 1. The summed E-state index contributed by atoms with van der Waals surface area (Å²) in [6, 6.07) is 14.0. The zero-order valence-corrected chi connectivity index (χ0v) is 29.4. The molecule has 1 amide bonds. The van der Waals surface area contributed by atoms with Gasteiger partial charge in [0.05, 0.1) is 42.4 Å². The summed E-state index contributed by atoms with van der Waals surface area (Å²) in [6.45, 7) is 4.20. The van der Waals surface area contributed by atoms with Gasteiger partial charge in [-0.3, -0.25) is 4.79 Å². The average Bonchev–Trinajstić information content (AvgIpc) is 3.25. The maximum Gasteiger partial charge on any atom is 0.406 e. The predicted octanol–water partition coefficient (Wildman–Crippen LogP) is 7.36. The number of para-hydroxylation sites is 2. The minimum Gasteiger partial charge on any atom is -0.493 e. The number of halogens is 5. The number of fused-ring (bicyclic) bond motifs is 1. The number of hydrogen-bond donors (Lipinski definition) is 1. The van der Waals surface area contributed by atoms with Crippen LogP contribution in [0.2, 0.25) is 10.0 Å². The first kappa shape index (κ1) is 36.4. The van der Waals surface area contributed by atoms with Crippen molar-refractivity contribution in [2.75, 3.05) is 65.5 Å². The summed E-state index contributed by atoms with van der Waals surface area (Å²) < 4.78 is 58.5. The van der Waals surface area contributed by atoms with Gasteiger partial charge in [-0.15, -0.1) is 0 Å². The molecule has 3 aromatic carbocycles. The summed E-state index contributed by atoms with van der Waals surface area (Å²) >= 11 is 12.6. The number of nitrogens with zero attached hydrogens (tertiary/aromatic N) is 4. The molecular weight excluding hydrogens is 682 g/mol. The molecule has 9 nitrogen and oxygen atoms in total. The Morgan fingerprint density at radius 3 is 2.41 bits per heavy atom. The summed E-state index contributed by atoms with van der Waals surface area (Å²) in [5, 5.41) is 3.94. The van der Waals surface area contributed by atoms with Gasteiger partial charge in [0, 0.05) is 43.2 Å². The van der Waals surface area contributed by atoms with Crippen LogP contribution in [0.3, 0.4) is 0 Å². The topological polar surface area (TPSA) is 81.1 Å². The van der Waals surface area contributed by atoms with Crippen LogP contribution in [-0.4, -0.2) is 87.1 Å². The fraction of sp³-hybridized carbons (Fsp3) is 0.429. The average molecular weight is 723 g/mol. The van der Waals surface area contributed by atoms with Gasteiger partial charge in [-0.25, -0.2) is 4.98 Å². The highest BCUT2D eigenvalue weighted by Crippen LogP contribution is 2.41. The fourth-order valence-corrected chi connectivity index (χ4v) is 6.68. The second-order valence-electron chi connectivity index (χ2n) is 12.0. The molecule has 1 aromatic heterocycles. The number of hydrogen-bond acceptors (Lipinski definition) is 7. The van der Waals surface area contributed by atoms with Crippen LogP contribution >= 0.6 is 23.2 Å². The van der Waals surface area contributed by atoms with Crippen LogP contribution in [0.25, 0.3) is 11.0 Å². The van der Waals surface area contributed by atoms with E-state index in [2.05, 4.69) is 15.2 Å². The second kappa shape index (κ2) is 15.8. The molecular formula is C35H40Cl2F3N5O4. The maximum atomic E-state index is 13.6.